The number of amides is 1. The molecule has 1 saturated carbocycles. The van der Waals surface area contributed by atoms with E-state index in [1.165, 1.54) is 6.07 Å². The van der Waals surface area contributed by atoms with Crippen molar-refractivity contribution in [3.05, 3.63) is 59.4 Å². The minimum absolute atomic E-state index is 0.000210. The fraction of sp³-hybridized carbons (Fsp3) is 0.409. The van der Waals surface area contributed by atoms with Gasteiger partial charge in [-0.15, -0.1) is 0 Å². The molecule has 4 rings (SSSR count). The molecule has 0 aromatic heterocycles. The van der Waals surface area contributed by atoms with Crippen molar-refractivity contribution in [1.29, 1.82) is 0 Å². The SMILES string of the molecule is COc1ccc(C2CCCN2C(=O)C2CC2c2ccccc2F)c(OC)c1. The summed E-state index contributed by atoms with van der Waals surface area (Å²) in [7, 11) is 3.25. The summed E-state index contributed by atoms with van der Waals surface area (Å²) in [4.78, 5) is 15.1. The third kappa shape index (κ3) is 3.27. The standard InChI is InChI=1S/C22H24FNO3/c1-26-14-9-10-16(21(12-14)27-2)20-8-5-11-24(20)22(25)18-13-17(18)15-6-3-4-7-19(15)23/h3-4,6-7,9-10,12,17-18,20H,5,8,11,13H2,1-2H3. The summed E-state index contributed by atoms with van der Waals surface area (Å²) in [6.45, 7) is 0.735. The van der Waals surface area contributed by atoms with Gasteiger partial charge < -0.3 is 14.4 Å². The number of ether oxygens (including phenoxy) is 2. The number of methoxy groups -OCH3 is 2. The normalized spacial score (nSPS) is 24.0. The van der Waals surface area contributed by atoms with Crippen molar-refractivity contribution in [3.63, 3.8) is 0 Å². The Kier molecular flexibility index (Phi) is 4.77. The lowest BCUT2D eigenvalue weighted by Crippen LogP contribution is -2.32. The zero-order valence-electron chi connectivity index (χ0n) is 15.7. The largest absolute Gasteiger partial charge is 0.497 e. The topological polar surface area (TPSA) is 38.8 Å². The van der Waals surface area contributed by atoms with Gasteiger partial charge in [0.15, 0.2) is 0 Å². The van der Waals surface area contributed by atoms with Gasteiger partial charge in [0, 0.05) is 24.1 Å². The van der Waals surface area contributed by atoms with Crippen molar-refractivity contribution >= 4 is 5.91 Å². The zero-order chi connectivity index (χ0) is 19.0. The third-order valence-electron chi connectivity index (χ3n) is 5.75. The molecule has 3 atom stereocenters. The summed E-state index contributed by atoms with van der Waals surface area (Å²) in [5.41, 5.74) is 1.67. The van der Waals surface area contributed by atoms with Crippen molar-refractivity contribution in [3.8, 4) is 11.5 Å². The Balaban J connectivity index is 1.54. The lowest BCUT2D eigenvalue weighted by Gasteiger charge is -2.27. The van der Waals surface area contributed by atoms with Crippen LogP contribution in [0.15, 0.2) is 42.5 Å². The Hall–Kier alpha value is -2.56. The predicted molar refractivity (Wildman–Crippen MR) is 100 cm³/mol. The summed E-state index contributed by atoms with van der Waals surface area (Å²) < 4.78 is 24.9. The second-order valence-corrected chi connectivity index (χ2v) is 7.27. The highest BCUT2D eigenvalue weighted by Gasteiger charge is 2.48. The molecule has 1 heterocycles. The molecule has 1 aliphatic carbocycles. The van der Waals surface area contributed by atoms with Gasteiger partial charge in [-0.2, -0.15) is 0 Å². The quantitative estimate of drug-likeness (QED) is 0.788. The first kappa shape index (κ1) is 17.8. The smallest absolute Gasteiger partial charge is 0.226 e. The lowest BCUT2D eigenvalue weighted by molar-refractivity contribution is -0.133. The molecule has 2 fully saturated rings. The number of rotatable bonds is 5. The van der Waals surface area contributed by atoms with Crippen molar-refractivity contribution in [1.82, 2.24) is 4.90 Å². The van der Waals surface area contributed by atoms with E-state index in [1.807, 2.05) is 29.2 Å². The predicted octanol–water partition coefficient (Wildman–Crippen LogP) is 4.31. The highest BCUT2D eigenvalue weighted by atomic mass is 19.1. The fourth-order valence-corrected chi connectivity index (χ4v) is 4.25. The number of hydrogen-bond donors (Lipinski definition) is 0. The number of benzene rings is 2. The average Bonchev–Trinajstić information content (AvgIpc) is 3.34. The molecule has 2 aromatic carbocycles. The summed E-state index contributed by atoms with van der Waals surface area (Å²) in [6.07, 6.45) is 2.59. The van der Waals surface area contributed by atoms with Gasteiger partial charge in [0.2, 0.25) is 5.91 Å². The molecule has 1 saturated heterocycles. The van der Waals surface area contributed by atoms with Crippen LogP contribution in [0.2, 0.25) is 0 Å². The maximum Gasteiger partial charge on any atom is 0.226 e. The maximum absolute atomic E-state index is 14.1. The molecule has 142 valence electrons. The lowest BCUT2D eigenvalue weighted by atomic mass is 10.0. The van der Waals surface area contributed by atoms with Crippen LogP contribution >= 0.6 is 0 Å². The van der Waals surface area contributed by atoms with Gasteiger partial charge in [-0.3, -0.25) is 4.79 Å². The monoisotopic (exact) mass is 369 g/mol. The maximum atomic E-state index is 14.1. The highest BCUT2D eigenvalue weighted by molar-refractivity contribution is 5.84. The first-order valence-electron chi connectivity index (χ1n) is 9.41. The molecule has 2 aromatic rings. The van der Waals surface area contributed by atoms with Crippen molar-refractivity contribution in [2.24, 2.45) is 5.92 Å². The van der Waals surface area contributed by atoms with E-state index in [-0.39, 0.29) is 29.6 Å². The molecule has 4 nitrogen and oxygen atoms in total. The van der Waals surface area contributed by atoms with Gasteiger partial charge in [-0.1, -0.05) is 18.2 Å². The van der Waals surface area contributed by atoms with Crippen LogP contribution in [0.3, 0.4) is 0 Å². The summed E-state index contributed by atoms with van der Waals surface area (Å²) >= 11 is 0. The average molecular weight is 369 g/mol. The number of hydrogen-bond acceptors (Lipinski definition) is 3. The van der Waals surface area contributed by atoms with Gasteiger partial charge >= 0.3 is 0 Å². The molecule has 0 spiro atoms. The second kappa shape index (κ2) is 7.22. The molecule has 3 unspecified atom stereocenters. The first-order chi connectivity index (χ1) is 13.1. The molecule has 0 N–H and O–H groups in total. The Bertz CT molecular complexity index is 853. The molecule has 1 amide bonds. The van der Waals surface area contributed by atoms with Crippen LogP contribution in [0, 0.1) is 11.7 Å². The number of halogens is 1. The molecule has 27 heavy (non-hydrogen) atoms. The zero-order valence-corrected chi connectivity index (χ0v) is 15.7. The minimum atomic E-state index is -0.215. The minimum Gasteiger partial charge on any atom is -0.497 e. The number of carbonyl (C=O) groups excluding carboxylic acids is 1. The van der Waals surface area contributed by atoms with Gasteiger partial charge in [0.25, 0.3) is 0 Å². The molecule has 0 radical (unpaired) electrons. The van der Waals surface area contributed by atoms with Crippen LogP contribution in [0.25, 0.3) is 0 Å². The van der Waals surface area contributed by atoms with Crippen LogP contribution in [0.4, 0.5) is 4.39 Å². The first-order valence-corrected chi connectivity index (χ1v) is 9.41. The van der Waals surface area contributed by atoms with E-state index in [0.717, 1.165) is 42.9 Å². The van der Waals surface area contributed by atoms with E-state index in [2.05, 4.69) is 0 Å². The van der Waals surface area contributed by atoms with Crippen LogP contribution in [-0.4, -0.2) is 31.6 Å². The molecule has 1 aliphatic heterocycles. The Morgan fingerprint density at radius 1 is 1.11 bits per heavy atom. The summed E-state index contributed by atoms with van der Waals surface area (Å²) in [6, 6.07) is 12.5. The van der Waals surface area contributed by atoms with Crippen molar-refractivity contribution in [2.45, 2.75) is 31.2 Å². The van der Waals surface area contributed by atoms with Gasteiger partial charge in [-0.25, -0.2) is 4.39 Å². The van der Waals surface area contributed by atoms with Gasteiger partial charge in [0.05, 0.1) is 20.3 Å². The Labute approximate surface area is 158 Å². The fourth-order valence-electron chi connectivity index (χ4n) is 4.25. The molecular weight excluding hydrogens is 345 g/mol. The van der Waals surface area contributed by atoms with E-state index in [4.69, 9.17) is 9.47 Å². The van der Waals surface area contributed by atoms with E-state index in [1.54, 1.807) is 26.4 Å². The van der Waals surface area contributed by atoms with E-state index >= 15 is 0 Å². The Morgan fingerprint density at radius 3 is 2.67 bits per heavy atom. The Morgan fingerprint density at radius 2 is 1.93 bits per heavy atom. The number of nitrogens with zero attached hydrogens (tertiary/aromatic N) is 1. The van der Waals surface area contributed by atoms with Crippen molar-refractivity contribution < 1.29 is 18.7 Å². The highest BCUT2D eigenvalue weighted by Crippen LogP contribution is 2.51. The van der Waals surface area contributed by atoms with E-state index in [9.17, 15) is 9.18 Å². The molecule has 0 bridgehead atoms. The van der Waals surface area contributed by atoms with E-state index in [0.29, 0.717) is 5.56 Å². The van der Waals surface area contributed by atoms with Crippen molar-refractivity contribution in [2.75, 3.05) is 20.8 Å². The summed E-state index contributed by atoms with van der Waals surface area (Å²) in [5.74, 6) is 1.26. The van der Waals surface area contributed by atoms with Crippen LogP contribution in [0.1, 0.15) is 42.3 Å². The molecule has 5 heteroatoms. The third-order valence-corrected chi connectivity index (χ3v) is 5.75. The molecule has 2 aliphatic rings. The second-order valence-electron chi connectivity index (χ2n) is 7.27. The summed E-state index contributed by atoms with van der Waals surface area (Å²) in [5, 5.41) is 0. The van der Waals surface area contributed by atoms with Gasteiger partial charge in [-0.05, 0) is 48.9 Å². The number of likely N-dealkylation sites (tertiary alicyclic amines) is 1. The van der Waals surface area contributed by atoms with Crippen LogP contribution in [0.5, 0.6) is 11.5 Å². The van der Waals surface area contributed by atoms with Crippen LogP contribution < -0.4 is 9.47 Å². The van der Waals surface area contributed by atoms with Crippen LogP contribution in [-0.2, 0) is 4.79 Å². The number of carbonyl (C=O) groups is 1. The van der Waals surface area contributed by atoms with E-state index < -0.39 is 0 Å². The molecular formula is C22H24FNO3. The van der Waals surface area contributed by atoms with Gasteiger partial charge in [0.1, 0.15) is 17.3 Å².